The molecular weight excluding hydrogens is 481 g/mol. The van der Waals surface area contributed by atoms with Crippen LogP contribution in [0.1, 0.15) is 55.5 Å². The molecule has 1 N–H and O–H groups in total. The van der Waals surface area contributed by atoms with Crippen molar-refractivity contribution in [3.8, 4) is 10.4 Å². The van der Waals surface area contributed by atoms with Gasteiger partial charge in [-0.3, -0.25) is 9.59 Å². The molecule has 1 aliphatic rings. The third kappa shape index (κ3) is 5.33. The molecule has 1 heterocycles. The number of amides is 1. The fourth-order valence-electron chi connectivity index (χ4n) is 4.50. The highest BCUT2D eigenvalue weighted by Gasteiger charge is 2.45. The van der Waals surface area contributed by atoms with E-state index in [4.69, 9.17) is 9.47 Å². The number of hydrogen-bond donors (Lipinski definition) is 1. The predicted molar refractivity (Wildman–Crippen MR) is 136 cm³/mol. The third-order valence-corrected chi connectivity index (χ3v) is 7.50. The lowest BCUT2D eigenvalue weighted by molar-refractivity contribution is -0.159. The summed E-state index contributed by atoms with van der Waals surface area (Å²) in [6.07, 6.45) is 1.56. The van der Waals surface area contributed by atoms with Crippen LogP contribution in [0.3, 0.4) is 0 Å². The summed E-state index contributed by atoms with van der Waals surface area (Å²) in [6, 6.07) is 17.2. The van der Waals surface area contributed by atoms with Crippen molar-refractivity contribution in [3.05, 3.63) is 77.6 Å². The lowest BCUT2D eigenvalue weighted by Crippen LogP contribution is -2.40. The average Bonchev–Trinajstić information content (AvgIpc) is 3.53. The van der Waals surface area contributed by atoms with E-state index in [1.165, 1.54) is 30.4 Å². The fourth-order valence-corrected chi connectivity index (χ4v) is 5.56. The summed E-state index contributed by atoms with van der Waals surface area (Å²) in [4.78, 5) is 39.7. The maximum atomic E-state index is 13.9. The van der Waals surface area contributed by atoms with Crippen molar-refractivity contribution in [2.45, 2.75) is 51.0 Å². The van der Waals surface area contributed by atoms with Gasteiger partial charge < -0.3 is 14.8 Å². The molecule has 1 saturated carbocycles. The van der Waals surface area contributed by atoms with Gasteiger partial charge in [-0.2, -0.15) is 0 Å². The second-order valence-corrected chi connectivity index (χ2v) is 9.83. The number of thiophene rings is 1. The van der Waals surface area contributed by atoms with Crippen molar-refractivity contribution in [2.75, 3.05) is 11.9 Å². The number of halogens is 1. The first-order valence-electron chi connectivity index (χ1n) is 12.0. The molecule has 1 unspecified atom stereocenters. The molecule has 4 rings (SSSR count). The van der Waals surface area contributed by atoms with Crippen LogP contribution in [-0.4, -0.2) is 30.6 Å². The van der Waals surface area contributed by atoms with E-state index >= 15 is 0 Å². The van der Waals surface area contributed by atoms with Crippen LogP contribution >= 0.6 is 11.3 Å². The fraction of sp³-hybridized carbons (Fsp3) is 0.321. The predicted octanol–water partition coefficient (Wildman–Crippen LogP) is 6.11. The molecule has 6 nitrogen and oxygen atoms in total. The molecule has 8 heteroatoms. The Morgan fingerprint density at radius 1 is 1.06 bits per heavy atom. The molecule has 2 aromatic carbocycles. The maximum absolute atomic E-state index is 13.9. The van der Waals surface area contributed by atoms with E-state index in [1.807, 2.05) is 30.3 Å². The Morgan fingerprint density at radius 3 is 2.44 bits per heavy atom. The van der Waals surface area contributed by atoms with Crippen LogP contribution in [0.25, 0.3) is 10.4 Å². The third-order valence-electron chi connectivity index (χ3n) is 6.40. The standard InChI is InChI=1S/C28H28FNO5S/c1-3-34-26(32)22-17-23(19-10-5-4-6-11-19)36-25(22)30-24(31)18(2)35-27(33)28(14-7-8-15-28)20-12-9-13-21(29)16-20/h4-6,9-13,16-18H,3,7-8,14-15H2,1-2H3,(H,30,31). The Morgan fingerprint density at radius 2 is 1.78 bits per heavy atom. The number of rotatable bonds is 8. The topological polar surface area (TPSA) is 81.7 Å². The van der Waals surface area contributed by atoms with Gasteiger partial charge >= 0.3 is 11.9 Å². The van der Waals surface area contributed by atoms with Gasteiger partial charge in [0.1, 0.15) is 10.8 Å². The smallest absolute Gasteiger partial charge is 0.341 e. The normalized spacial score (nSPS) is 15.2. The van der Waals surface area contributed by atoms with Crippen LogP contribution in [0.5, 0.6) is 0 Å². The molecule has 0 aliphatic heterocycles. The first-order valence-corrected chi connectivity index (χ1v) is 12.8. The number of esters is 2. The zero-order valence-electron chi connectivity index (χ0n) is 20.2. The van der Waals surface area contributed by atoms with Crippen molar-refractivity contribution in [1.82, 2.24) is 0 Å². The Bertz CT molecular complexity index is 1250. The minimum absolute atomic E-state index is 0.193. The molecule has 36 heavy (non-hydrogen) atoms. The van der Waals surface area contributed by atoms with Crippen LogP contribution in [0.4, 0.5) is 9.39 Å². The van der Waals surface area contributed by atoms with Gasteiger partial charge in [0.15, 0.2) is 6.10 Å². The minimum Gasteiger partial charge on any atom is -0.462 e. The number of benzene rings is 2. The monoisotopic (exact) mass is 509 g/mol. The number of anilines is 1. The quantitative estimate of drug-likeness (QED) is 0.370. The summed E-state index contributed by atoms with van der Waals surface area (Å²) >= 11 is 1.24. The Hall–Kier alpha value is -3.52. The van der Waals surface area contributed by atoms with Crippen LogP contribution in [0, 0.1) is 5.82 Å². The molecule has 1 aliphatic carbocycles. The summed E-state index contributed by atoms with van der Waals surface area (Å²) in [5.74, 6) is -2.08. The molecule has 1 fully saturated rings. The van der Waals surface area contributed by atoms with Crippen molar-refractivity contribution in [1.29, 1.82) is 0 Å². The summed E-state index contributed by atoms with van der Waals surface area (Å²) in [7, 11) is 0. The van der Waals surface area contributed by atoms with Gasteiger partial charge in [-0.1, -0.05) is 55.3 Å². The van der Waals surface area contributed by atoms with E-state index in [1.54, 1.807) is 25.1 Å². The number of carbonyl (C=O) groups is 3. The molecule has 0 saturated heterocycles. The lowest BCUT2D eigenvalue weighted by Gasteiger charge is -2.28. The molecule has 0 bridgehead atoms. The van der Waals surface area contributed by atoms with Gasteiger partial charge in [-0.15, -0.1) is 11.3 Å². The molecule has 1 aromatic heterocycles. The highest BCUT2D eigenvalue weighted by Crippen LogP contribution is 2.43. The summed E-state index contributed by atoms with van der Waals surface area (Å²) in [6.45, 7) is 3.38. The first-order chi connectivity index (χ1) is 17.3. The van der Waals surface area contributed by atoms with E-state index < -0.39 is 35.2 Å². The van der Waals surface area contributed by atoms with Crippen LogP contribution in [0.2, 0.25) is 0 Å². The molecular formula is C28H28FNO5S. The molecule has 0 radical (unpaired) electrons. The second-order valence-electron chi connectivity index (χ2n) is 8.78. The summed E-state index contributed by atoms with van der Waals surface area (Å²) in [5.41, 5.74) is 0.717. The van der Waals surface area contributed by atoms with Crippen LogP contribution in [0.15, 0.2) is 60.7 Å². The van der Waals surface area contributed by atoms with Crippen molar-refractivity contribution in [2.24, 2.45) is 0 Å². The molecule has 0 spiro atoms. The highest BCUT2D eigenvalue weighted by molar-refractivity contribution is 7.20. The number of hydrogen-bond acceptors (Lipinski definition) is 6. The van der Waals surface area contributed by atoms with E-state index in [9.17, 15) is 18.8 Å². The van der Waals surface area contributed by atoms with Gasteiger partial charge in [0.25, 0.3) is 5.91 Å². The summed E-state index contributed by atoms with van der Waals surface area (Å²) < 4.78 is 24.7. The molecule has 3 aromatic rings. The first kappa shape index (κ1) is 25.6. The Balaban J connectivity index is 1.53. The molecule has 1 amide bonds. The zero-order valence-corrected chi connectivity index (χ0v) is 21.0. The number of ether oxygens (including phenoxy) is 2. The van der Waals surface area contributed by atoms with Crippen LogP contribution in [-0.2, 0) is 24.5 Å². The Kier molecular flexibility index (Phi) is 7.84. The summed E-state index contributed by atoms with van der Waals surface area (Å²) in [5, 5.41) is 3.06. The van der Waals surface area contributed by atoms with E-state index in [0.717, 1.165) is 23.3 Å². The van der Waals surface area contributed by atoms with E-state index in [2.05, 4.69) is 5.32 Å². The average molecular weight is 510 g/mol. The van der Waals surface area contributed by atoms with Gasteiger partial charge in [0, 0.05) is 4.88 Å². The van der Waals surface area contributed by atoms with E-state index in [-0.39, 0.29) is 12.2 Å². The second kappa shape index (κ2) is 11.0. The minimum atomic E-state index is -1.12. The zero-order chi connectivity index (χ0) is 25.7. The molecule has 188 valence electrons. The van der Waals surface area contributed by atoms with Crippen molar-refractivity contribution in [3.63, 3.8) is 0 Å². The van der Waals surface area contributed by atoms with Gasteiger partial charge in [-0.25, -0.2) is 9.18 Å². The largest absolute Gasteiger partial charge is 0.462 e. The SMILES string of the molecule is CCOC(=O)c1cc(-c2ccccc2)sc1NC(=O)C(C)OC(=O)C1(c2cccc(F)c2)CCCC1. The molecule has 1 atom stereocenters. The number of carbonyl (C=O) groups excluding carboxylic acids is 3. The lowest BCUT2D eigenvalue weighted by atomic mass is 9.79. The maximum Gasteiger partial charge on any atom is 0.341 e. The number of nitrogens with one attached hydrogen (secondary N) is 1. The van der Waals surface area contributed by atoms with Gasteiger partial charge in [-0.05, 0) is 56.0 Å². The van der Waals surface area contributed by atoms with Crippen molar-refractivity contribution >= 4 is 34.2 Å². The van der Waals surface area contributed by atoms with Crippen LogP contribution < -0.4 is 5.32 Å². The van der Waals surface area contributed by atoms with E-state index in [0.29, 0.717) is 23.4 Å². The highest BCUT2D eigenvalue weighted by atomic mass is 32.1. The van der Waals surface area contributed by atoms with Gasteiger partial charge in [0.05, 0.1) is 17.6 Å². The van der Waals surface area contributed by atoms with Gasteiger partial charge in [0.2, 0.25) is 0 Å². The Labute approximate surface area is 213 Å². The van der Waals surface area contributed by atoms with Crippen molar-refractivity contribution < 1.29 is 28.2 Å².